The van der Waals surface area contributed by atoms with E-state index >= 15 is 0 Å². The minimum atomic E-state index is -0.640. The van der Waals surface area contributed by atoms with E-state index in [1.165, 1.54) is 0 Å². The van der Waals surface area contributed by atoms with Crippen molar-refractivity contribution in [1.82, 2.24) is 15.1 Å². The molecular formula is C26H33N3O4. The fourth-order valence-electron chi connectivity index (χ4n) is 3.98. The van der Waals surface area contributed by atoms with Crippen LogP contribution in [0.4, 0.5) is 0 Å². The van der Waals surface area contributed by atoms with Crippen molar-refractivity contribution < 1.29 is 19.1 Å². The molecule has 1 saturated heterocycles. The minimum Gasteiger partial charge on any atom is -0.497 e. The molecule has 1 unspecified atom stereocenters. The first-order valence-corrected chi connectivity index (χ1v) is 11.4. The van der Waals surface area contributed by atoms with Gasteiger partial charge in [-0.1, -0.05) is 31.5 Å². The number of ether oxygens (including phenoxy) is 1. The number of nitrogens with one attached hydrogen (secondary N) is 1. The second kappa shape index (κ2) is 11.0. The van der Waals surface area contributed by atoms with Gasteiger partial charge in [-0.05, 0) is 55.7 Å². The molecule has 0 saturated carbocycles. The Bertz CT molecular complexity index is 987. The number of carbonyl (C=O) groups is 3. The molecule has 3 amide bonds. The van der Waals surface area contributed by atoms with E-state index in [2.05, 4.69) is 5.32 Å². The third-order valence-electron chi connectivity index (χ3n) is 5.93. The highest BCUT2D eigenvalue weighted by Gasteiger charge is 2.31. The second-order valence-electron chi connectivity index (χ2n) is 8.76. The number of hydrogen-bond acceptors (Lipinski definition) is 4. The van der Waals surface area contributed by atoms with E-state index in [-0.39, 0.29) is 23.6 Å². The first-order valence-electron chi connectivity index (χ1n) is 11.4. The third kappa shape index (κ3) is 6.12. The molecule has 7 heteroatoms. The number of amides is 3. The third-order valence-corrected chi connectivity index (χ3v) is 5.93. The van der Waals surface area contributed by atoms with Gasteiger partial charge in [-0.25, -0.2) is 0 Å². The Hall–Kier alpha value is -3.35. The predicted molar refractivity (Wildman–Crippen MR) is 127 cm³/mol. The van der Waals surface area contributed by atoms with Crippen LogP contribution >= 0.6 is 0 Å². The topological polar surface area (TPSA) is 79.0 Å². The summed E-state index contributed by atoms with van der Waals surface area (Å²) in [6.07, 6.45) is 0.695. The summed E-state index contributed by atoms with van der Waals surface area (Å²) in [6, 6.07) is 13.7. The number of aryl methyl sites for hydroxylation is 1. The maximum Gasteiger partial charge on any atom is 0.253 e. The van der Waals surface area contributed by atoms with Crippen LogP contribution in [0.3, 0.4) is 0 Å². The average Bonchev–Trinajstić information content (AvgIpc) is 3.07. The summed E-state index contributed by atoms with van der Waals surface area (Å²) >= 11 is 0. The zero-order valence-electron chi connectivity index (χ0n) is 19.8. The van der Waals surface area contributed by atoms with Gasteiger partial charge in [0.05, 0.1) is 7.11 Å². The number of methoxy groups -OCH3 is 1. The largest absolute Gasteiger partial charge is 0.497 e. The number of hydrogen-bond donors (Lipinski definition) is 1. The summed E-state index contributed by atoms with van der Waals surface area (Å²) in [7, 11) is 1.57. The molecule has 33 heavy (non-hydrogen) atoms. The summed E-state index contributed by atoms with van der Waals surface area (Å²) in [6.45, 7) is 7.86. The molecule has 2 aromatic rings. The van der Waals surface area contributed by atoms with Crippen LogP contribution in [0.5, 0.6) is 5.75 Å². The molecule has 1 aliphatic rings. The second-order valence-corrected chi connectivity index (χ2v) is 8.76. The quantitative estimate of drug-likeness (QED) is 0.732. The molecule has 176 valence electrons. The zero-order chi connectivity index (χ0) is 24.0. The molecule has 2 aromatic carbocycles. The number of nitrogens with zero attached hydrogens (tertiary/aromatic N) is 2. The van der Waals surface area contributed by atoms with E-state index in [1.807, 2.05) is 49.9 Å². The first kappa shape index (κ1) is 24.3. The Balaban J connectivity index is 1.65. The summed E-state index contributed by atoms with van der Waals surface area (Å²) in [5, 5.41) is 2.90. The van der Waals surface area contributed by atoms with Gasteiger partial charge in [-0.15, -0.1) is 0 Å². The van der Waals surface area contributed by atoms with E-state index in [9.17, 15) is 14.4 Å². The van der Waals surface area contributed by atoms with Crippen LogP contribution in [0.1, 0.15) is 46.5 Å². The molecule has 7 nitrogen and oxygen atoms in total. The molecule has 0 aromatic heterocycles. The molecule has 1 atom stereocenters. The first-order chi connectivity index (χ1) is 15.8. The summed E-state index contributed by atoms with van der Waals surface area (Å²) < 4.78 is 5.14. The van der Waals surface area contributed by atoms with Crippen LogP contribution in [0.25, 0.3) is 0 Å². The van der Waals surface area contributed by atoms with E-state index in [4.69, 9.17) is 4.74 Å². The molecule has 1 aliphatic heterocycles. The lowest BCUT2D eigenvalue weighted by atomic mass is 10.0. The molecule has 0 radical (unpaired) electrons. The van der Waals surface area contributed by atoms with Crippen molar-refractivity contribution in [3.8, 4) is 5.75 Å². The highest BCUT2D eigenvalue weighted by Crippen LogP contribution is 2.15. The van der Waals surface area contributed by atoms with E-state index in [1.54, 1.807) is 36.3 Å². The van der Waals surface area contributed by atoms with Gasteiger partial charge in [-0.2, -0.15) is 0 Å². The standard InChI is InChI=1S/C26H33N3O4/c1-18(2)23(27-24(30)20-9-11-22(33-4)12-10-20)26(32)29-14-6-13-28(15-16-29)25(31)21-8-5-7-19(3)17-21/h5,7-12,17-18,23H,6,13-16H2,1-4H3,(H,27,30). The van der Waals surface area contributed by atoms with E-state index in [0.29, 0.717) is 49.5 Å². The zero-order valence-corrected chi connectivity index (χ0v) is 19.8. The van der Waals surface area contributed by atoms with Gasteiger partial charge in [0.15, 0.2) is 0 Å². The number of carbonyl (C=O) groups excluding carboxylic acids is 3. The smallest absolute Gasteiger partial charge is 0.253 e. The fraction of sp³-hybridized carbons (Fsp3) is 0.423. The van der Waals surface area contributed by atoms with E-state index in [0.717, 1.165) is 5.56 Å². The average molecular weight is 452 g/mol. The molecule has 3 rings (SSSR count). The maximum absolute atomic E-state index is 13.3. The summed E-state index contributed by atoms with van der Waals surface area (Å²) in [4.78, 5) is 42.6. The molecule has 0 aliphatic carbocycles. The monoisotopic (exact) mass is 451 g/mol. The van der Waals surface area contributed by atoms with Crippen molar-refractivity contribution in [2.24, 2.45) is 5.92 Å². The van der Waals surface area contributed by atoms with Gasteiger partial charge in [0.25, 0.3) is 11.8 Å². The van der Waals surface area contributed by atoms with Crippen LogP contribution in [0, 0.1) is 12.8 Å². The van der Waals surface area contributed by atoms with Gasteiger partial charge in [0, 0.05) is 37.3 Å². The summed E-state index contributed by atoms with van der Waals surface area (Å²) in [5.41, 5.74) is 2.18. The van der Waals surface area contributed by atoms with Crippen LogP contribution in [-0.4, -0.2) is 66.9 Å². The van der Waals surface area contributed by atoms with Crippen molar-refractivity contribution >= 4 is 17.7 Å². The van der Waals surface area contributed by atoms with Crippen molar-refractivity contribution in [1.29, 1.82) is 0 Å². The molecule has 1 N–H and O–H groups in total. The van der Waals surface area contributed by atoms with Gasteiger partial charge in [-0.3, -0.25) is 14.4 Å². The highest BCUT2D eigenvalue weighted by atomic mass is 16.5. The lowest BCUT2D eigenvalue weighted by Gasteiger charge is -2.29. The Labute approximate surface area is 195 Å². The van der Waals surface area contributed by atoms with Crippen LogP contribution in [0.15, 0.2) is 48.5 Å². The summed E-state index contributed by atoms with van der Waals surface area (Å²) in [5.74, 6) is 0.166. The van der Waals surface area contributed by atoms with Crippen LogP contribution in [0.2, 0.25) is 0 Å². The normalized spacial score (nSPS) is 15.1. The fourth-order valence-corrected chi connectivity index (χ4v) is 3.98. The van der Waals surface area contributed by atoms with Gasteiger partial charge in [0.1, 0.15) is 11.8 Å². The maximum atomic E-state index is 13.3. The van der Waals surface area contributed by atoms with Gasteiger partial charge < -0.3 is 19.9 Å². The van der Waals surface area contributed by atoms with Crippen molar-refractivity contribution in [2.45, 2.75) is 33.2 Å². The number of rotatable bonds is 6. The van der Waals surface area contributed by atoms with Crippen molar-refractivity contribution in [3.63, 3.8) is 0 Å². The lowest BCUT2D eigenvalue weighted by Crippen LogP contribution is -2.52. The molecular weight excluding hydrogens is 418 g/mol. The molecule has 1 fully saturated rings. The minimum absolute atomic E-state index is 0.0128. The van der Waals surface area contributed by atoms with E-state index < -0.39 is 6.04 Å². The Kier molecular flexibility index (Phi) is 8.09. The van der Waals surface area contributed by atoms with Crippen molar-refractivity contribution in [2.75, 3.05) is 33.3 Å². The van der Waals surface area contributed by atoms with Gasteiger partial charge >= 0.3 is 0 Å². The van der Waals surface area contributed by atoms with Crippen LogP contribution in [-0.2, 0) is 4.79 Å². The molecule has 1 heterocycles. The number of benzene rings is 2. The van der Waals surface area contributed by atoms with Crippen molar-refractivity contribution in [3.05, 3.63) is 65.2 Å². The molecule has 0 bridgehead atoms. The molecule has 0 spiro atoms. The lowest BCUT2D eigenvalue weighted by molar-refractivity contribution is -0.134. The Morgan fingerprint density at radius 1 is 0.909 bits per heavy atom. The Morgan fingerprint density at radius 2 is 1.58 bits per heavy atom. The van der Waals surface area contributed by atoms with Gasteiger partial charge in [0.2, 0.25) is 5.91 Å². The predicted octanol–water partition coefficient (Wildman–Crippen LogP) is 3.13. The highest BCUT2D eigenvalue weighted by molar-refractivity contribution is 5.98. The Morgan fingerprint density at radius 3 is 2.21 bits per heavy atom. The van der Waals surface area contributed by atoms with Crippen LogP contribution < -0.4 is 10.1 Å². The SMILES string of the molecule is COc1ccc(C(=O)NC(C(=O)N2CCCN(C(=O)c3cccc(C)c3)CC2)C(C)C)cc1.